The van der Waals surface area contributed by atoms with Crippen molar-refractivity contribution in [1.82, 2.24) is 0 Å². The van der Waals surface area contributed by atoms with Crippen molar-refractivity contribution >= 4 is 0 Å². The van der Waals surface area contributed by atoms with Crippen LogP contribution in [0.1, 0.15) is 31.4 Å². The average molecular weight is 340 g/mol. The molecule has 0 saturated carbocycles. The Morgan fingerprint density at radius 2 is 1.76 bits per heavy atom. The molecule has 1 saturated heterocycles. The van der Waals surface area contributed by atoms with Crippen LogP contribution in [0.2, 0.25) is 0 Å². The first-order chi connectivity index (χ1) is 12.1. The zero-order chi connectivity index (χ0) is 17.7. The number of ether oxygens (including phenoxy) is 2. The molecular weight excluding hydrogens is 310 g/mol. The minimum absolute atomic E-state index is 0.0335. The molecule has 25 heavy (non-hydrogen) atoms. The summed E-state index contributed by atoms with van der Waals surface area (Å²) in [4.78, 5) is 0. The standard InChI is InChI=1S/C22H29NO2/c1-22(2)14-21(23-15-18-9-11-20(24-3)12-10-18)19(16-25-22)13-17-7-5-4-6-8-17/h4-12,19,21,23H,13-16H2,1-3H3/p+1/t19-,21+/m0/s1. The van der Waals surface area contributed by atoms with E-state index >= 15 is 0 Å². The Hall–Kier alpha value is -1.84. The molecule has 0 amide bonds. The van der Waals surface area contributed by atoms with Crippen molar-refractivity contribution in [1.29, 1.82) is 0 Å². The number of methoxy groups -OCH3 is 1. The summed E-state index contributed by atoms with van der Waals surface area (Å²) >= 11 is 0. The van der Waals surface area contributed by atoms with Crippen molar-refractivity contribution in [2.75, 3.05) is 13.7 Å². The minimum atomic E-state index is -0.0335. The summed E-state index contributed by atoms with van der Waals surface area (Å²) in [7, 11) is 1.71. The van der Waals surface area contributed by atoms with Crippen LogP contribution in [0.5, 0.6) is 5.75 Å². The lowest BCUT2D eigenvalue weighted by Gasteiger charge is -2.39. The van der Waals surface area contributed by atoms with Crippen molar-refractivity contribution in [2.45, 2.75) is 44.9 Å². The normalized spacial score (nSPS) is 22.5. The Bertz CT molecular complexity index is 651. The molecule has 0 radical (unpaired) electrons. The molecule has 2 N–H and O–H groups in total. The van der Waals surface area contributed by atoms with Crippen LogP contribution >= 0.6 is 0 Å². The second kappa shape index (κ2) is 8.03. The number of quaternary nitrogens is 1. The lowest BCUT2D eigenvalue weighted by Crippen LogP contribution is -2.91. The van der Waals surface area contributed by atoms with Crippen LogP contribution in [0.3, 0.4) is 0 Å². The second-order valence-electron chi connectivity index (χ2n) is 7.68. The minimum Gasteiger partial charge on any atom is -0.497 e. The van der Waals surface area contributed by atoms with Gasteiger partial charge in [0.1, 0.15) is 12.3 Å². The van der Waals surface area contributed by atoms with Crippen LogP contribution in [-0.2, 0) is 17.7 Å². The zero-order valence-corrected chi connectivity index (χ0v) is 15.6. The first kappa shape index (κ1) is 18.0. The molecule has 1 aliphatic heterocycles. The van der Waals surface area contributed by atoms with Gasteiger partial charge in [-0.25, -0.2) is 0 Å². The first-order valence-corrected chi connectivity index (χ1v) is 9.20. The highest BCUT2D eigenvalue weighted by Crippen LogP contribution is 2.28. The van der Waals surface area contributed by atoms with Gasteiger partial charge in [0, 0.05) is 17.9 Å². The van der Waals surface area contributed by atoms with Crippen LogP contribution in [0, 0.1) is 5.92 Å². The van der Waals surface area contributed by atoms with Crippen LogP contribution in [0.25, 0.3) is 0 Å². The van der Waals surface area contributed by atoms with Gasteiger partial charge < -0.3 is 14.8 Å². The molecule has 0 unspecified atom stereocenters. The highest BCUT2D eigenvalue weighted by atomic mass is 16.5. The molecule has 3 rings (SSSR count). The quantitative estimate of drug-likeness (QED) is 0.876. The third kappa shape index (κ3) is 5.07. The van der Waals surface area contributed by atoms with E-state index in [9.17, 15) is 0 Å². The third-order valence-corrected chi connectivity index (χ3v) is 5.18. The summed E-state index contributed by atoms with van der Waals surface area (Å²) < 4.78 is 11.4. The van der Waals surface area contributed by atoms with Crippen molar-refractivity contribution in [3.63, 3.8) is 0 Å². The van der Waals surface area contributed by atoms with Crippen molar-refractivity contribution < 1.29 is 14.8 Å². The molecule has 0 spiro atoms. The summed E-state index contributed by atoms with van der Waals surface area (Å²) in [6.45, 7) is 6.25. The lowest BCUT2D eigenvalue weighted by molar-refractivity contribution is -0.716. The predicted octanol–water partition coefficient (Wildman–Crippen LogP) is 3.19. The molecule has 2 atom stereocenters. The lowest BCUT2D eigenvalue weighted by atomic mass is 9.83. The number of rotatable bonds is 6. The van der Waals surface area contributed by atoms with Crippen LogP contribution in [0.4, 0.5) is 0 Å². The topological polar surface area (TPSA) is 35.1 Å². The molecule has 2 aromatic rings. The molecule has 0 aliphatic carbocycles. The predicted molar refractivity (Wildman–Crippen MR) is 101 cm³/mol. The Morgan fingerprint density at radius 1 is 1.04 bits per heavy atom. The fourth-order valence-corrected chi connectivity index (χ4v) is 3.70. The van der Waals surface area contributed by atoms with E-state index in [1.54, 1.807) is 7.11 Å². The molecule has 134 valence electrons. The average Bonchev–Trinajstić information content (AvgIpc) is 2.63. The Morgan fingerprint density at radius 3 is 2.44 bits per heavy atom. The van der Waals surface area contributed by atoms with Gasteiger partial charge in [0.15, 0.2) is 0 Å². The number of hydrogen-bond donors (Lipinski definition) is 1. The Balaban J connectivity index is 1.65. The van der Waals surface area contributed by atoms with Gasteiger partial charge in [0.05, 0.1) is 25.4 Å². The maximum absolute atomic E-state index is 6.13. The molecule has 1 heterocycles. The van der Waals surface area contributed by atoms with Crippen molar-refractivity contribution in [2.24, 2.45) is 5.92 Å². The van der Waals surface area contributed by atoms with E-state index in [0.717, 1.165) is 31.7 Å². The maximum Gasteiger partial charge on any atom is 0.118 e. The van der Waals surface area contributed by atoms with E-state index in [1.165, 1.54) is 11.1 Å². The molecule has 3 nitrogen and oxygen atoms in total. The maximum atomic E-state index is 6.13. The van der Waals surface area contributed by atoms with E-state index in [2.05, 4.69) is 61.6 Å². The summed E-state index contributed by atoms with van der Waals surface area (Å²) in [6.07, 6.45) is 2.17. The fourth-order valence-electron chi connectivity index (χ4n) is 3.70. The molecule has 1 fully saturated rings. The molecule has 0 aromatic heterocycles. The van der Waals surface area contributed by atoms with Gasteiger partial charge in [-0.3, -0.25) is 0 Å². The Labute approximate surface area is 151 Å². The summed E-state index contributed by atoms with van der Waals surface area (Å²) in [6, 6.07) is 19.7. The summed E-state index contributed by atoms with van der Waals surface area (Å²) in [5.41, 5.74) is 2.70. The zero-order valence-electron chi connectivity index (χ0n) is 15.6. The van der Waals surface area contributed by atoms with Gasteiger partial charge in [-0.1, -0.05) is 30.3 Å². The van der Waals surface area contributed by atoms with Gasteiger partial charge in [-0.15, -0.1) is 0 Å². The van der Waals surface area contributed by atoms with Crippen LogP contribution in [-0.4, -0.2) is 25.4 Å². The summed E-state index contributed by atoms with van der Waals surface area (Å²) in [5, 5.41) is 2.50. The monoisotopic (exact) mass is 340 g/mol. The van der Waals surface area contributed by atoms with E-state index < -0.39 is 0 Å². The van der Waals surface area contributed by atoms with Crippen molar-refractivity contribution in [3.8, 4) is 5.75 Å². The van der Waals surface area contributed by atoms with E-state index in [1.807, 2.05) is 12.1 Å². The highest BCUT2D eigenvalue weighted by Gasteiger charge is 2.37. The molecular formula is C22H30NO2+. The van der Waals surface area contributed by atoms with Gasteiger partial charge in [0.2, 0.25) is 0 Å². The number of nitrogens with two attached hydrogens (primary N) is 1. The van der Waals surface area contributed by atoms with E-state index in [-0.39, 0.29) is 5.60 Å². The van der Waals surface area contributed by atoms with E-state index in [0.29, 0.717) is 12.0 Å². The molecule has 3 heteroatoms. The summed E-state index contributed by atoms with van der Waals surface area (Å²) in [5.74, 6) is 1.46. The Kier molecular flexibility index (Phi) is 5.77. The second-order valence-corrected chi connectivity index (χ2v) is 7.68. The van der Waals surface area contributed by atoms with Gasteiger partial charge in [-0.2, -0.15) is 0 Å². The van der Waals surface area contributed by atoms with Gasteiger partial charge in [0.25, 0.3) is 0 Å². The third-order valence-electron chi connectivity index (χ3n) is 5.18. The number of hydrogen-bond acceptors (Lipinski definition) is 2. The molecule has 0 bridgehead atoms. The van der Waals surface area contributed by atoms with Gasteiger partial charge >= 0.3 is 0 Å². The largest absolute Gasteiger partial charge is 0.497 e. The molecule has 1 aliphatic rings. The van der Waals surface area contributed by atoms with E-state index in [4.69, 9.17) is 9.47 Å². The molecule has 2 aromatic carbocycles. The smallest absolute Gasteiger partial charge is 0.118 e. The van der Waals surface area contributed by atoms with Crippen LogP contribution < -0.4 is 10.1 Å². The van der Waals surface area contributed by atoms with Crippen LogP contribution in [0.15, 0.2) is 54.6 Å². The van der Waals surface area contributed by atoms with Crippen molar-refractivity contribution in [3.05, 3.63) is 65.7 Å². The fraction of sp³-hybridized carbons (Fsp3) is 0.455. The number of benzene rings is 2. The highest BCUT2D eigenvalue weighted by molar-refractivity contribution is 5.26. The SMILES string of the molecule is COc1ccc(C[NH2+][C@@H]2CC(C)(C)OC[C@@H]2Cc2ccccc2)cc1. The van der Waals surface area contributed by atoms with Gasteiger partial charge in [-0.05, 0) is 50.1 Å². The first-order valence-electron chi connectivity index (χ1n) is 9.20.